The van der Waals surface area contributed by atoms with Crippen molar-refractivity contribution in [1.29, 1.82) is 0 Å². The zero-order chi connectivity index (χ0) is 12.6. The monoisotopic (exact) mass is 271 g/mol. The molecule has 0 fully saturated rings. The van der Waals surface area contributed by atoms with E-state index in [0.717, 1.165) is 23.1 Å². The lowest BCUT2D eigenvalue weighted by molar-refractivity contribution is 0.536. The van der Waals surface area contributed by atoms with Crippen LogP contribution in [0.2, 0.25) is 10.0 Å². The molecule has 2 N–H and O–H groups in total. The summed E-state index contributed by atoms with van der Waals surface area (Å²) in [6.45, 7) is 4.67. The Morgan fingerprint density at radius 1 is 1.24 bits per heavy atom. The largest absolute Gasteiger partial charge is 0.458 e. The van der Waals surface area contributed by atoms with Gasteiger partial charge in [-0.3, -0.25) is 0 Å². The quantitative estimate of drug-likeness (QED) is 0.899. The topological polar surface area (TPSA) is 39.2 Å². The molecule has 0 aliphatic rings. The molecule has 92 valence electrons. The molecule has 0 saturated carbocycles. The van der Waals surface area contributed by atoms with Gasteiger partial charge in [-0.05, 0) is 24.5 Å². The Kier molecular flexibility index (Phi) is 3.67. The van der Waals surface area contributed by atoms with Crippen molar-refractivity contribution in [2.24, 2.45) is 11.7 Å². The van der Waals surface area contributed by atoms with E-state index >= 15 is 0 Å². The highest BCUT2D eigenvalue weighted by Gasteiger charge is 2.18. The van der Waals surface area contributed by atoms with Crippen molar-refractivity contribution < 1.29 is 4.42 Å². The minimum Gasteiger partial charge on any atom is -0.458 e. The molecule has 0 unspecified atom stereocenters. The third kappa shape index (κ3) is 2.30. The van der Waals surface area contributed by atoms with Gasteiger partial charge in [0.2, 0.25) is 0 Å². The predicted octanol–water partition coefficient (Wildman–Crippen LogP) is 4.40. The SMILES string of the molecule is CC(C)Cc1c(CN)oc2c(Cl)ccc(Cl)c12. The third-order valence-corrected chi connectivity index (χ3v) is 3.33. The first-order chi connectivity index (χ1) is 8.04. The van der Waals surface area contributed by atoms with Crippen LogP contribution in [0.4, 0.5) is 0 Å². The lowest BCUT2D eigenvalue weighted by Gasteiger charge is -2.05. The fourth-order valence-corrected chi connectivity index (χ4v) is 2.49. The molecule has 0 radical (unpaired) electrons. The second-order valence-electron chi connectivity index (χ2n) is 4.54. The molecular weight excluding hydrogens is 257 g/mol. The first-order valence-corrected chi connectivity index (χ1v) is 6.38. The van der Waals surface area contributed by atoms with Crippen LogP contribution in [0, 0.1) is 5.92 Å². The summed E-state index contributed by atoms with van der Waals surface area (Å²) in [5, 5.41) is 2.16. The van der Waals surface area contributed by atoms with Gasteiger partial charge in [-0.15, -0.1) is 0 Å². The van der Waals surface area contributed by atoms with Crippen LogP contribution in [-0.4, -0.2) is 0 Å². The lowest BCUT2D eigenvalue weighted by atomic mass is 10.00. The molecule has 0 aliphatic heterocycles. The van der Waals surface area contributed by atoms with E-state index in [0.29, 0.717) is 28.1 Å². The summed E-state index contributed by atoms with van der Waals surface area (Å²) in [5.41, 5.74) is 7.45. The highest BCUT2D eigenvalue weighted by atomic mass is 35.5. The van der Waals surface area contributed by atoms with Crippen molar-refractivity contribution in [3.63, 3.8) is 0 Å². The van der Waals surface area contributed by atoms with E-state index in [4.69, 9.17) is 33.4 Å². The van der Waals surface area contributed by atoms with E-state index in [1.54, 1.807) is 12.1 Å². The van der Waals surface area contributed by atoms with Gasteiger partial charge in [0, 0.05) is 10.9 Å². The molecule has 4 heteroatoms. The number of furan rings is 1. The van der Waals surface area contributed by atoms with Crippen LogP contribution in [0.15, 0.2) is 16.5 Å². The maximum absolute atomic E-state index is 6.23. The smallest absolute Gasteiger partial charge is 0.154 e. The van der Waals surface area contributed by atoms with Crippen molar-refractivity contribution in [3.8, 4) is 0 Å². The minimum absolute atomic E-state index is 0.364. The van der Waals surface area contributed by atoms with Gasteiger partial charge in [0.15, 0.2) is 5.58 Å². The van der Waals surface area contributed by atoms with Crippen molar-refractivity contribution in [2.75, 3.05) is 0 Å². The number of benzene rings is 1. The molecular formula is C13H15Cl2NO. The molecule has 0 atom stereocenters. The van der Waals surface area contributed by atoms with Crippen LogP contribution in [0.25, 0.3) is 11.0 Å². The molecule has 0 saturated heterocycles. The number of fused-ring (bicyclic) bond motifs is 1. The Balaban J connectivity index is 2.73. The zero-order valence-electron chi connectivity index (χ0n) is 9.89. The summed E-state index contributed by atoms with van der Waals surface area (Å²) in [7, 11) is 0. The molecule has 1 heterocycles. The maximum Gasteiger partial charge on any atom is 0.154 e. The van der Waals surface area contributed by atoms with E-state index in [1.165, 1.54) is 0 Å². The van der Waals surface area contributed by atoms with Crippen LogP contribution in [0.5, 0.6) is 0 Å². The summed E-state index contributed by atoms with van der Waals surface area (Å²) in [6.07, 6.45) is 0.888. The predicted molar refractivity (Wildman–Crippen MR) is 72.7 cm³/mol. The van der Waals surface area contributed by atoms with Gasteiger partial charge in [0.1, 0.15) is 5.76 Å². The van der Waals surface area contributed by atoms with Gasteiger partial charge >= 0.3 is 0 Å². The van der Waals surface area contributed by atoms with Crippen LogP contribution < -0.4 is 5.73 Å². The molecule has 17 heavy (non-hydrogen) atoms. The fourth-order valence-electron chi connectivity index (χ4n) is 2.03. The zero-order valence-corrected chi connectivity index (χ0v) is 11.4. The standard InChI is InChI=1S/C13H15Cl2NO/c1-7(2)5-8-11(6-16)17-13-10(15)4-3-9(14)12(8)13/h3-4,7H,5-6,16H2,1-2H3. The van der Waals surface area contributed by atoms with Gasteiger partial charge in [-0.2, -0.15) is 0 Å². The van der Waals surface area contributed by atoms with E-state index in [-0.39, 0.29) is 0 Å². The third-order valence-electron chi connectivity index (χ3n) is 2.72. The van der Waals surface area contributed by atoms with E-state index in [1.807, 2.05) is 0 Å². The summed E-state index contributed by atoms with van der Waals surface area (Å²) in [4.78, 5) is 0. The molecule has 1 aromatic carbocycles. The number of nitrogens with two attached hydrogens (primary N) is 1. The first kappa shape index (κ1) is 12.7. The Morgan fingerprint density at radius 2 is 1.88 bits per heavy atom. The second kappa shape index (κ2) is 4.89. The van der Waals surface area contributed by atoms with Gasteiger partial charge in [-0.1, -0.05) is 37.0 Å². The molecule has 2 aromatic rings. The summed E-state index contributed by atoms with van der Waals surface area (Å²) < 4.78 is 5.72. The lowest BCUT2D eigenvalue weighted by Crippen LogP contribution is -2.01. The Morgan fingerprint density at radius 3 is 2.47 bits per heavy atom. The normalized spacial score (nSPS) is 11.6. The first-order valence-electron chi connectivity index (χ1n) is 5.63. The molecule has 2 rings (SSSR count). The average Bonchev–Trinajstić information content (AvgIpc) is 2.63. The van der Waals surface area contributed by atoms with Crippen molar-refractivity contribution >= 4 is 34.2 Å². The van der Waals surface area contributed by atoms with Crippen LogP contribution in [0.3, 0.4) is 0 Å². The van der Waals surface area contributed by atoms with Gasteiger partial charge < -0.3 is 10.2 Å². The Hall–Kier alpha value is -0.700. The average molecular weight is 272 g/mol. The number of hydrogen-bond donors (Lipinski definition) is 1. The highest BCUT2D eigenvalue weighted by molar-refractivity contribution is 6.40. The molecule has 0 spiro atoms. The van der Waals surface area contributed by atoms with E-state index in [2.05, 4.69) is 13.8 Å². The highest BCUT2D eigenvalue weighted by Crippen LogP contribution is 2.37. The minimum atomic E-state index is 0.364. The molecule has 0 bridgehead atoms. The second-order valence-corrected chi connectivity index (χ2v) is 5.35. The Bertz CT molecular complexity index is 546. The summed E-state index contributed by atoms with van der Waals surface area (Å²) >= 11 is 12.3. The van der Waals surface area contributed by atoms with Gasteiger partial charge in [0.05, 0.1) is 16.6 Å². The van der Waals surface area contributed by atoms with E-state index < -0.39 is 0 Å². The number of rotatable bonds is 3. The molecule has 0 amide bonds. The molecule has 0 aliphatic carbocycles. The molecule has 2 nitrogen and oxygen atoms in total. The van der Waals surface area contributed by atoms with Crippen LogP contribution in [-0.2, 0) is 13.0 Å². The van der Waals surface area contributed by atoms with Gasteiger partial charge in [0.25, 0.3) is 0 Å². The number of hydrogen-bond acceptors (Lipinski definition) is 2. The maximum atomic E-state index is 6.23. The molecule has 1 aromatic heterocycles. The number of halogens is 2. The summed E-state index contributed by atoms with van der Waals surface area (Å²) in [5.74, 6) is 1.29. The fraction of sp³-hybridized carbons (Fsp3) is 0.385. The Labute approximate surface area is 111 Å². The van der Waals surface area contributed by atoms with Gasteiger partial charge in [-0.25, -0.2) is 0 Å². The van der Waals surface area contributed by atoms with Crippen molar-refractivity contribution in [1.82, 2.24) is 0 Å². The van der Waals surface area contributed by atoms with Crippen LogP contribution >= 0.6 is 23.2 Å². The van der Waals surface area contributed by atoms with Crippen LogP contribution in [0.1, 0.15) is 25.2 Å². The van der Waals surface area contributed by atoms with Crippen molar-refractivity contribution in [3.05, 3.63) is 33.5 Å². The summed E-state index contributed by atoms with van der Waals surface area (Å²) in [6, 6.07) is 3.54. The van der Waals surface area contributed by atoms with E-state index in [9.17, 15) is 0 Å². The van der Waals surface area contributed by atoms with Crippen molar-refractivity contribution in [2.45, 2.75) is 26.8 Å².